The van der Waals surface area contributed by atoms with Crippen LogP contribution >= 0.6 is 0 Å². The molecule has 0 aliphatic rings. The van der Waals surface area contributed by atoms with Gasteiger partial charge in [0, 0.05) is 30.5 Å². The van der Waals surface area contributed by atoms with Crippen molar-refractivity contribution in [3.63, 3.8) is 0 Å². The molecule has 0 aromatic carbocycles. The third kappa shape index (κ3) is 3.57. The van der Waals surface area contributed by atoms with Gasteiger partial charge in [-0.1, -0.05) is 13.3 Å². The van der Waals surface area contributed by atoms with Crippen molar-refractivity contribution in [3.8, 4) is 0 Å². The minimum atomic E-state index is -0.251. The molecule has 0 spiro atoms. The van der Waals surface area contributed by atoms with Gasteiger partial charge in [-0.3, -0.25) is 4.79 Å². The number of hydrogen-bond acceptors (Lipinski definition) is 4. The molecule has 1 heterocycles. The standard InChI is InChI=1S/C13H24N4O/c1-5-6-10(9-14)16-11-12(18)17(8-7-15-11)13(2,3)4/h7-8,10H,5-6,9,14H2,1-4H3,(H,15,16). The maximum absolute atomic E-state index is 12.3. The Labute approximate surface area is 108 Å². The molecule has 18 heavy (non-hydrogen) atoms. The highest BCUT2D eigenvalue weighted by atomic mass is 16.1. The lowest BCUT2D eigenvalue weighted by molar-refractivity contribution is 0.383. The predicted molar refractivity (Wildman–Crippen MR) is 74.9 cm³/mol. The molecule has 0 fully saturated rings. The Hall–Kier alpha value is -1.36. The second kappa shape index (κ2) is 6.00. The summed E-state index contributed by atoms with van der Waals surface area (Å²) in [5.74, 6) is 0.385. The maximum atomic E-state index is 12.3. The smallest absolute Gasteiger partial charge is 0.293 e. The van der Waals surface area contributed by atoms with Crippen LogP contribution in [0.5, 0.6) is 0 Å². The predicted octanol–water partition coefficient (Wildman–Crippen LogP) is 1.54. The molecule has 5 nitrogen and oxygen atoms in total. The summed E-state index contributed by atoms with van der Waals surface area (Å²) in [6.07, 6.45) is 5.32. The molecule has 102 valence electrons. The van der Waals surface area contributed by atoms with E-state index in [1.165, 1.54) is 0 Å². The fourth-order valence-electron chi connectivity index (χ4n) is 1.83. The molecule has 0 saturated carbocycles. The lowest BCUT2D eigenvalue weighted by Crippen LogP contribution is -2.38. The zero-order valence-corrected chi connectivity index (χ0v) is 11.7. The molecule has 0 aliphatic carbocycles. The number of nitrogens with one attached hydrogen (secondary N) is 1. The first-order valence-corrected chi connectivity index (χ1v) is 6.45. The van der Waals surface area contributed by atoms with Gasteiger partial charge in [-0.15, -0.1) is 0 Å². The molecule has 1 unspecified atom stereocenters. The lowest BCUT2D eigenvalue weighted by Gasteiger charge is -2.23. The van der Waals surface area contributed by atoms with Gasteiger partial charge < -0.3 is 15.6 Å². The fraction of sp³-hybridized carbons (Fsp3) is 0.692. The summed E-state index contributed by atoms with van der Waals surface area (Å²) in [7, 11) is 0. The fourth-order valence-corrected chi connectivity index (χ4v) is 1.83. The van der Waals surface area contributed by atoms with Crippen molar-refractivity contribution in [2.75, 3.05) is 11.9 Å². The van der Waals surface area contributed by atoms with E-state index < -0.39 is 0 Å². The zero-order valence-electron chi connectivity index (χ0n) is 11.7. The van der Waals surface area contributed by atoms with Gasteiger partial charge in [0.25, 0.3) is 5.56 Å². The van der Waals surface area contributed by atoms with Crippen LogP contribution in [0.2, 0.25) is 0 Å². The van der Waals surface area contributed by atoms with E-state index in [1.807, 2.05) is 20.8 Å². The van der Waals surface area contributed by atoms with Gasteiger partial charge in [-0.2, -0.15) is 0 Å². The molecule has 3 N–H and O–H groups in total. The van der Waals surface area contributed by atoms with Crippen molar-refractivity contribution >= 4 is 5.82 Å². The van der Waals surface area contributed by atoms with E-state index in [9.17, 15) is 4.79 Å². The summed E-state index contributed by atoms with van der Waals surface area (Å²) in [6.45, 7) is 8.56. The second-order valence-electron chi connectivity index (χ2n) is 5.49. The van der Waals surface area contributed by atoms with Crippen molar-refractivity contribution in [3.05, 3.63) is 22.7 Å². The molecule has 1 aromatic heterocycles. The number of hydrogen-bond donors (Lipinski definition) is 2. The van der Waals surface area contributed by atoms with E-state index >= 15 is 0 Å². The van der Waals surface area contributed by atoms with Gasteiger partial charge in [0.05, 0.1) is 0 Å². The molecule has 1 rings (SSSR count). The van der Waals surface area contributed by atoms with Gasteiger partial charge in [0.1, 0.15) is 0 Å². The quantitative estimate of drug-likeness (QED) is 0.833. The van der Waals surface area contributed by atoms with E-state index in [0.29, 0.717) is 12.4 Å². The van der Waals surface area contributed by atoms with Crippen LogP contribution in [-0.2, 0) is 5.54 Å². The monoisotopic (exact) mass is 252 g/mol. The van der Waals surface area contributed by atoms with Crippen molar-refractivity contribution in [2.24, 2.45) is 5.73 Å². The highest BCUT2D eigenvalue weighted by Gasteiger charge is 2.17. The van der Waals surface area contributed by atoms with Crippen molar-refractivity contribution < 1.29 is 0 Å². The zero-order chi connectivity index (χ0) is 13.8. The number of rotatable bonds is 5. The molecule has 0 radical (unpaired) electrons. The van der Waals surface area contributed by atoms with E-state index in [4.69, 9.17) is 5.73 Å². The summed E-state index contributed by atoms with van der Waals surface area (Å²) >= 11 is 0. The molecule has 0 amide bonds. The van der Waals surface area contributed by atoms with Gasteiger partial charge in [0.15, 0.2) is 5.82 Å². The van der Waals surface area contributed by atoms with Crippen LogP contribution in [0.15, 0.2) is 17.2 Å². The van der Waals surface area contributed by atoms with Crippen LogP contribution in [0.4, 0.5) is 5.82 Å². The number of nitrogens with two attached hydrogens (primary N) is 1. The first-order valence-electron chi connectivity index (χ1n) is 6.45. The van der Waals surface area contributed by atoms with Gasteiger partial charge in [0.2, 0.25) is 0 Å². The average Bonchev–Trinajstić information content (AvgIpc) is 2.29. The molecule has 0 bridgehead atoms. The van der Waals surface area contributed by atoms with Crippen molar-refractivity contribution in [1.82, 2.24) is 9.55 Å². The Morgan fingerprint density at radius 1 is 1.50 bits per heavy atom. The minimum Gasteiger partial charge on any atom is -0.361 e. The largest absolute Gasteiger partial charge is 0.361 e. The Morgan fingerprint density at radius 3 is 2.67 bits per heavy atom. The number of aromatic nitrogens is 2. The summed E-state index contributed by atoms with van der Waals surface area (Å²) in [5, 5.41) is 3.14. The second-order valence-corrected chi connectivity index (χ2v) is 5.49. The van der Waals surface area contributed by atoms with E-state index in [2.05, 4.69) is 17.2 Å². The van der Waals surface area contributed by atoms with Crippen LogP contribution in [-0.4, -0.2) is 22.1 Å². The maximum Gasteiger partial charge on any atom is 0.293 e. The summed E-state index contributed by atoms with van der Waals surface area (Å²) in [5.41, 5.74) is 5.33. The highest BCUT2D eigenvalue weighted by molar-refractivity contribution is 5.32. The molecule has 0 saturated heterocycles. The molecular weight excluding hydrogens is 228 g/mol. The SMILES string of the molecule is CCCC(CN)Nc1nccn(C(C)(C)C)c1=O. The number of nitrogens with zero attached hydrogens (tertiary/aromatic N) is 2. The third-order valence-electron chi connectivity index (χ3n) is 2.83. The first kappa shape index (κ1) is 14.7. The van der Waals surface area contributed by atoms with Crippen molar-refractivity contribution in [2.45, 2.75) is 52.1 Å². The molecule has 0 aliphatic heterocycles. The average molecular weight is 252 g/mol. The van der Waals surface area contributed by atoms with Crippen LogP contribution < -0.4 is 16.6 Å². The normalized spacial score (nSPS) is 13.4. The van der Waals surface area contributed by atoms with Gasteiger partial charge in [-0.05, 0) is 27.2 Å². The minimum absolute atomic E-state index is 0.0976. The Balaban J connectivity index is 3.01. The molecule has 1 aromatic rings. The summed E-state index contributed by atoms with van der Waals surface area (Å²) in [6, 6.07) is 0.103. The van der Waals surface area contributed by atoms with Gasteiger partial charge in [-0.25, -0.2) is 4.98 Å². The molecular formula is C13H24N4O. The first-order chi connectivity index (χ1) is 8.40. The number of anilines is 1. The molecule has 5 heteroatoms. The van der Waals surface area contributed by atoms with Crippen LogP contribution in [0.1, 0.15) is 40.5 Å². The molecule has 1 atom stereocenters. The summed E-state index contributed by atoms with van der Waals surface area (Å²) < 4.78 is 1.68. The van der Waals surface area contributed by atoms with Crippen LogP contribution in [0.25, 0.3) is 0 Å². The van der Waals surface area contributed by atoms with Gasteiger partial charge >= 0.3 is 0 Å². The van der Waals surface area contributed by atoms with E-state index in [0.717, 1.165) is 12.8 Å². The van der Waals surface area contributed by atoms with Crippen LogP contribution in [0, 0.1) is 0 Å². The Kier molecular flexibility index (Phi) is 4.90. The Morgan fingerprint density at radius 2 is 2.17 bits per heavy atom. The van der Waals surface area contributed by atoms with Crippen molar-refractivity contribution in [1.29, 1.82) is 0 Å². The topological polar surface area (TPSA) is 72.9 Å². The van der Waals surface area contributed by atoms with Crippen LogP contribution in [0.3, 0.4) is 0 Å². The Bertz CT molecular complexity index is 433. The lowest BCUT2D eigenvalue weighted by atomic mass is 10.1. The van der Waals surface area contributed by atoms with E-state index in [1.54, 1.807) is 17.0 Å². The highest BCUT2D eigenvalue weighted by Crippen LogP contribution is 2.11. The van der Waals surface area contributed by atoms with E-state index in [-0.39, 0.29) is 17.1 Å². The summed E-state index contributed by atoms with van der Waals surface area (Å²) in [4.78, 5) is 16.4. The third-order valence-corrected chi connectivity index (χ3v) is 2.83.